The highest BCUT2D eigenvalue weighted by Crippen LogP contribution is 2.40. The van der Waals surface area contributed by atoms with Gasteiger partial charge in [0.05, 0.1) is 16.1 Å². The largest absolute Gasteiger partial charge is 0.598 e. The average molecular weight is 447 g/mol. The summed E-state index contributed by atoms with van der Waals surface area (Å²) in [6.07, 6.45) is 1.41. The first kappa shape index (κ1) is 23.4. The first-order valence-corrected chi connectivity index (χ1v) is 11.1. The highest BCUT2D eigenvalue weighted by molar-refractivity contribution is 7.90. The summed E-state index contributed by atoms with van der Waals surface area (Å²) < 4.78 is 15.5. The molecule has 0 spiro atoms. The highest BCUT2D eigenvalue weighted by atomic mass is 35.5. The third kappa shape index (κ3) is 5.57. The number of nitrogens with one attached hydrogen (secondary N) is 1. The molecule has 0 aliphatic carbocycles. The van der Waals surface area contributed by atoms with Crippen LogP contribution < -0.4 is 4.72 Å². The van der Waals surface area contributed by atoms with Crippen LogP contribution in [0.2, 0.25) is 10.0 Å². The Morgan fingerprint density at radius 1 is 1.32 bits per heavy atom. The predicted molar refractivity (Wildman–Crippen MR) is 116 cm³/mol. The smallest absolute Gasteiger partial charge is 0.248 e. The number of phenolic OH excluding ortho intramolecular Hbond substituents is 1. The Balaban J connectivity index is 2.29. The molecule has 2 atom stereocenters. The maximum absolute atomic E-state index is 12.8. The molecular formula is C20H28Cl2N2O3S. The van der Waals surface area contributed by atoms with Gasteiger partial charge in [-0.2, -0.15) is 0 Å². The van der Waals surface area contributed by atoms with Crippen LogP contribution in [-0.4, -0.2) is 38.3 Å². The summed E-state index contributed by atoms with van der Waals surface area (Å²) in [7, 11) is 0. The van der Waals surface area contributed by atoms with Crippen molar-refractivity contribution in [3.05, 3.63) is 39.9 Å². The fourth-order valence-electron chi connectivity index (χ4n) is 3.21. The minimum absolute atomic E-state index is 0.0123. The van der Waals surface area contributed by atoms with Crippen LogP contribution in [0.25, 0.3) is 0 Å². The van der Waals surface area contributed by atoms with Gasteiger partial charge in [-0.3, -0.25) is 4.79 Å². The van der Waals surface area contributed by atoms with Gasteiger partial charge >= 0.3 is 0 Å². The molecule has 1 heterocycles. The van der Waals surface area contributed by atoms with E-state index in [4.69, 9.17) is 23.2 Å². The summed E-state index contributed by atoms with van der Waals surface area (Å²) in [5.41, 5.74) is 1.08. The van der Waals surface area contributed by atoms with E-state index in [9.17, 15) is 14.5 Å². The Morgan fingerprint density at radius 3 is 2.36 bits per heavy atom. The van der Waals surface area contributed by atoms with Crippen LogP contribution in [0, 0.1) is 5.92 Å². The maximum atomic E-state index is 12.8. The van der Waals surface area contributed by atoms with E-state index < -0.39 is 16.1 Å². The summed E-state index contributed by atoms with van der Waals surface area (Å²) in [5, 5.41) is 11.1. The van der Waals surface area contributed by atoms with E-state index in [0.29, 0.717) is 42.1 Å². The van der Waals surface area contributed by atoms with E-state index in [2.05, 4.69) is 11.3 Å². The van der Waals surface area contributed by atoms with E-state index in [1.54, 1.807) is 17.9 Å². The quantitative estimate of drug-likeness (QED) is 0.511. The Hall–Kier alpha value is -0.920. The number of nitrogens with zero attached hydrogens (tertiary/aromatic N) is 1. The number of likely N-dealkylation sites (tertiary alicyclic amines) is 1. The van der Waals surface area contributed by atoms with Gasteiger partial charge in [0.25, 0.3) is 0 Å². The lowest BCUT2D eigenvalue weighted by Crippen LogP contribution is -2.46. The van der Waals surface area contributed by atoms with Crippen molar-refractivity contribution in [2.24, 2.45) is 5.92 Å². The molecule has 8 heteroatoms. The third-order valence-electron chi connectivity index (χ3n) is 4.86. The Morgan fingerprint density at radius 2 is 1.86 bits per heavy atom. The fourth-order valence-corrected chi connectivity index (χ4v) is 4.45. The van der Waals surface area contributed by atoms with Crippen molar-refractivity contribution >= 4 is 40.5 Å². The maximum Gasteiger partial charge on any atom is 0.248 e. The van der Waals surface area contributed by atoms with Crippen molar-refractivity contribution in [2.75, 3.05) is 13.1 Å². The zero-order valence-electron chi connectivity index (χ0n) is 16.7. The van der Waals surface area contributed by atoms with Crippen LogP contribution in [0.5, 0.6) is 5.75 Å². The SMILES string of the molecule is C=C(C)C(=O)N1CCC(C(N[S@@+]([O-])C(C)(C)C)c2cc(Cl)c(Cl)cc2O)CC1. The van der Waals surface area contributed by atoms with Gasteiger partial charge in [-0.1, -0.05) is 29.8 Å². The Kier molecular flexibility index (Phi) is 7.73. The molecule has 156 valence electrons. The van der Waals surface area contributed by atoms with Gasteiger partial charge < -0.3 is 14.6 Å². The minimum Gasteiger partial charge on any atom is -0.598 e. The van der Waals surface area contributed by atoms with E-state index in [1.807, 2.05) is 20.8 Å². The van der Waals surface area contributed by atoms with E-state index in [0.717, 1.165) is 0 Å². The van der Waals surface area contributed by atoms with Crippen LogP contribution >= 0.6 is 23.2 Å². The summed E-state index contributed by atoms with van der Waals surface area (Å²) in [6, 6.07) is 2.66. The van der Waals surface area contributed by atoms with Crippen molar-refractivity contribution in [1.82, 2.24) is 9.62 Å². The molecule has 0 radical (unpaired) electrons. The highest BCUT2D eigenvalue weighted by Gasteiger charge is 2.37. The number of phenols is 1. The van der Waals surface area contributed by atoms with Gasteiger partial charge in [0.2, 0.25) is 5.91 Å². The van der Waals surface area contributed by atoms with E-state index in [1.165, 1.54) is 6.07 Å². The lowest BCUT2D eigenvalue weighted by molar-refractivity contribution is -0.128. The molecule has 1 aliphatic rings. The number of aromatic hydroxyl groups is 1. The fraction of sp³-hybridized carbons (Fsp3) is 0.550. The molecule has 0 aromatic heterocycles. The molecule has 0 bridgehead atoms. The van der Waals surface area contributed by atoms with Crippen molar-refractivity contribution < 1.29 is 14.5 Å². The monoisotopic (exact) mass is 446 g/mol. The number of amides is 1. The second-order valence-corrected chi connectivity index (χ2v) is 11.0. The van der Waals surface area contributed by atoms with E-state index in [-0.39, 0.29) is 28.6 Å². The molecule has 1 amide bonds. The topological polar surface area (TPSA) is 75.6 Å². The van der Waals surface area contributed by atoms with Gasteiger partial charge in [0.15, 0.2) is 0 Å². The molecule has 1 aliphatic heterocycles. The van der Waals surface area contributed by atoms with Gasteiger partial charge in [-0.15, -0.1) is 4.72 Å². The summed E-state index contributed by atoms with van der Waals surface area (Å²) >= 11 is 10.9. The third-order valence-corrected chi connectivity index (χ3v) is 7.16. The number of carbonyl (C=O) groups is 1. The molecule has 5 nitrogen and oxygen atoms in total. The number of benzene rings is 1. The lowest BCUT2D eigenvalue weighted by Gasteiger charge is -2.38. The molecule has 1 fully saturated rings. The average Bonchev–Trinajstić information content (AvgIpc) is 2.61. The number of halogens is 2. The number of rotatable bonds is 5. The Labute approximate surface area is 180 Å². The van der Waals surface area contributed by atoms with Crippen molar-refractivity contribution in [3.8, 4) is 5.75 Å². The number of piperidine rings is 1. The summed E-state index contributed by atoms with van der Waals surface area (Å²) in [4.78, 5) is 14.0. The minimum atomic E-state index is -1.35. The molecular weight excluding hydrogens is 419 g/mol. The molecule has 1 saturated heterocycles. The molecule has 1 aromatic rings. The second kappa shape index (κ2) is 9.26. The van der Waals surface area contributed by atoms with Gasteiger partial charge in [-0.05, 0) is 52.5 Å². The summed E-state index contributed by atoms with van der Waals surface area (Å²) in [6.45, 7) is 12.3. The van der Waals surface area contributed by atoms with Crippen molar-refractivity contribution in [3.63, 3.8) is 0 Å². The predicted octanol–water partition coefficient (Wildman–Crippen LogP) is 4.61. The number of hydrogen-bond donors (Lipinski definition) is 2. The van der Waals surface area contributed by atoms with Crippen LogP contribution in [0.4, 0.5) is 0 Å². The second-order valence-electron chi connectivity index (χ2n) is 8.21. The van der Waals surface area contributed by atoms with Crippen LogP contribution in [0.3, 0.4) is 0 Å². The molecule has 2 rings (SSSR count). The molecule has 0 saturated carbocycles. The van der Waals surface area contributed by atoms with Gasteiger partial charge in [0, 0.05) is 41.7 Å². The molecule has 28 heavy (non-hydrogen) atoms. The molecule has 1 unspecified atom stereocenters. The Bertz CT molecular complexity index is 744. The normalized spacial score (nSPS) is 18.0. The number of hydrogen-bond acceptors (Lipinski definition) is 4. The van der Waals surface area contributed by atoms with Crippen LogP contribution in [0.1, 0.15) is 52.1 Å². The van der Waals surface area contributed by atoms with Gasteiger partial charge in [-0.25, -0.2) is 0 Å². The first-order chi connectivity index (χ1) is 12.9. The summed E-state index contributed by atoms with van der Waals surface area (Å²) in [5.74, 6) is 0.0421. The first-order valence-electron chi connectivity index (χ1n) is 9.22. The van der Waals surface area contributed by atoms with Crippen molar-refractivity contribution in [2.45, 2.75) is 51.3 Å². The molecule has 1 aromatic carbocycles. The zero-order chi connectivity index (χ0) is 21.2. The zero-order valence-corrected chi connectivity index (χ0v) is 19.0. The van der Waals surface area contributed by atoms with Crippen molar-refractivity contribution in [1.29, 1.82) is 0 Å². The lowest BCUT2D eigenvalue weighted by atomic mass is 9.85. The van der Waals surface area contributed by atoms with E-state index >= 15 is 0 Å². The van der Waals surface area contributed by atoms with Crippen LogP contribution in [-0.2, 0) is 16.2 Å². The standard InChI is InChI=1S/C20H28Cl2N2O3S/c1-12(2)19(26)24-8-6-13(7-9-24)18(23-28(27)20(3,4)5)14-10-15(21)16(22)11-17(14)25/h10-11,13,18,23,25H,1,6-9H2,2-5H3/t18?,28-/m0/s1. The molecule has 2 N–H and O–H groups in total. The van der Waals surface area contributed by atoms with Gasteiger partial charge in [0.1, 0.15) is 10.5 Å². The van der Waals surface area contributed by atoms with Crippen LogP contribution in [0.15, 0.2) is 24.3 Å². The number of carbonyl (C=O) groups excluding carboxylic acids is 1.